The van der Waals surface area contributed by atoms with Crippen LogP contribution in [0.25, 0.3) is 0 Å². The molecule has 3 aromatic rings. The molecular weight excluding hydrogens is 539 g/mol. The number of nitriles is 1. The molecule has 7 nitrogen and oxygen atoms in total. The van der Waals surface area contributed by atoms with Gasteiger partial charge < -0.3 is 24.7 Å². The van der Waals surface area contributed by atoms with Crippen molar-refractivity contribution in [3.63, 3.8) is 0 Å². The van der Waals surface area contributed by atoms with E-state index in [9.17, 15) is 10.1 Å². The number of carbonyl (C=O) groups excluding carboxylic acids is 1. The first-order valence-electron chi connectivity index (χ1n) is 12.3. The monoisotopic (exact) mass is 564 g/mol. The van der Waals surface area contributed by atoms with E-state index >= 15 is 0 Å². The number of ether oxygens (including phenoxy) is 4. The van der Waals surface area contributed by atoms with Crippen molar-refractivity contribution in [3.8, 4) is 29.1 Å². The van der Waals surface area contributed by atoms with Gasteiger partial charge >= 0.3 is 5.97 Å². The fraction of sp³-hybridized carbons (Fsp3) is 0.200. The van der Waals surface area contributed by atoms with E-state index < -0.39 is 11.9 Å². The van der Waals surface area contributed by atoms with Gasteiger partial charge in [-0.25, -0.2) is 4.79 Å². The van der Waals surface area contributed by atoms with E-state index in [0.717, 1.165) is 18.4 Å². The zero-order valence-electron chi connectivity index (χ0n) is 21.2. The largest absolute Gasteiger partial charge is 0.490 e. The molecule has 1 aliphatic heterocycles. The lowest BCUT2D eigenvalue weighted by Gasteiger charge is -2.26. The number of unbranched alkanes of at least 4 members (excludes halogenated alkanes) is 1. The Labute approximate surface area is 236 Å². The highest BCUT2D eigenvalue weighted by Crippen LogP contribution is 2.44. The summed E-state index contributed by atoms with van der Waals surface area (Å²) in [4.78, 5) is 12.9. The number of allylic oxidation sites excluding steroid dienone is 1. The van der Waals surface area contributed by atoms with Crippen LogP contribution in [0.3, 0.4) is 0 Å². The summed E-state index contributed by atoms with van der Waals surface area (Å²) >= 11 is 12.6. The molecule has 0 amide bonds. The molecule has 9 heteroatoms. The van der Waals surface area contributed by atoms with Crippen molar-refractivity contribution >= 4 is 29.2 Å². The number of nitrogens with zero attached hydrogens (tertiary/aromatic N) is 1. The number of hydrogen-bond acceptors (Lipinski definition) is 7. The molecule has 1 unspecified atom stereocenters. The second-order valence-electron chi connectivity index (χ2n) is 8.65. The van der Waals surface area contributed by atoms with Gasteiger partial charge in [-0.15, -0.1) is 0 Å². The van der Waals surface area contributed by atoms with Gasteiger partial charge in [-0.1, -0.05) is 67.4 Å². The van der Waals surface area contributed by atoms with Crippen LogP contribution in [-0.4, -0.2) is 19.2 Å². The molecule has 0 bridgehead atoms. The molecule has 0 aromatic heterocycles. The van der Waals surface area contributed by atoms with Crippen molar-refractivity contribution < 1.29 is 23.7 Å². The lowest BCUT2D eigenvalue weighted by molar-refractivity contribution is 0.0734. The number of hydrogen-bond donors (Lipinski definition) is 1. The number of carbonyl (C=O) groups is 1. The van der Waals surface area contributed by atoms with Crippen LogP contribution < -0.4 is 24.7 Å². The lowest BCUT2D eigenvalue weighted by atomic mass is 9.83. The summed E-state index contributed by atoms with van der Waals surface area (Å²) in [6.07, 6.45) is 3.47. The van der Waals surface area contributed by atoms with Crippen LogP contribution in [0, 0.1) is 11.3 Å². The Bertz CT molecular complexity index is 1440. The minimum absolute atomic E-state index is 0.0253. The molecule has 1 heterocycles. The van der Waals surface area contributed by atoms with Gasteiger partial charge in [0.1, 0.15) is 35.5 Å². The van der Waals surface area contributed by atoms with E-state index in [0.29, 0.717) is 36.0 Å². The van der Waals surface area contributed by atoms with Crippen LogP contribution >= 0.6 is 23.2 Å². The first-order chi connectivity index (χ1) is 18.9. The molecule has 3 aromatic carbocycles. The lowest BCUT2D eigenvalue weighted by Crippen LogP contribution is -2.21. The minimum Gasteiger partial charge on any atom is -0.490 e. The summed E-state index contributed by atoms with van der Waals surface area (Å²) < 4.78 is 22.5. The maximum absolute atomic E-state index is 12.9. The Balaban J connectivity index is 1.58. The van der Waals surface area contributed by atoms with Gasteiger partial charge in [0.15, 0.2) is 5.75 Å². The average Bonchev–Trinajstić information content (AvgIpc) is 2.92. The molecule has 2 N–H and O–H groups in total. The van der Waals surface area contributed by atoms with Gasteiger partial charge in [0.2, 0.25) is 5.88 Å². The van der Waals surface area contributed by atoms with Gasteiger partial charge in [0, 0.05) is 11.6 Å². The summed E-state index contributed by atoms with van der Waals surface area (Å²) in [6, 6.07) is 17.3. The van der Waals surface area contributed by atoms with Crippen molar-refractivity contribution in [1.82, 2.24) is 0 Å². The Morgan fingerprint density at radius 1 is 1.10 bits per heavy atom. The molecule has 0 radical (unpaired) electrons. The molecule has 0 saturated carbocycles. The maximum Gasteiger partial charge on any atom is 0.343 e. The predicted octanol–water partition coefficient (Wildman–Crippen LogP) is 7.17. The van der Waals surface area contributed by atoms with Gasteiger partial charge in [0.25, 0.3) is 0 Å². The second-order valence-corrected chi connectivity index (χ2v) is 9.47. The molecule has 0 aliphatic carbocycles. The number of rotatable bonds is 10. The standard InChI is InChI=1S/C30H26Cl2N2O5/c1-3-5-13-37-28-24(31)14-19(15-25(28)32)30(35)38-21-10-11-22-26(16-21)39-29(34)23(17-33)27(22)18-6-8-20(9-7-18)36-12-4-2/h4,6-11,14-16,27H,2-3,5,12-13,34H2,1H3. The fourth-order valence-corrected chi connectivity index (χ4v) is 4.65. The molecular formula is C30H26Cl2N2O5. The van der Waals surface area contributed by atoms with E-state index in [1.54, 1.807) is 24.3 Å². The van der Waals surface area contributed by atoms with E-state index in [-0.39, 0.29) is 32.8 Å². The van der Waals surface area contributed by atoms with E-state index in [2.05, 4.69) is 12.6 Å². The average molecular weight is 565 g/mol. The number of nitrogens with two attached hydrogens (primary N) is 1. The Morgan fingerprint density at radius 3 is 2.44 bits per heavy atom. The van der Waals surface area contributed by atoms with Gasteiger partial charge in [0.05, 0.1) is 28.1 Å². The number of fused-ring (bicyclic) bond motifs is 1. The summed E-state index contributed by atoms with van der Waals surface area (Å²) in [6.45, 7) is 6.54. The SMILES string of the molecule is C=CCOc1ccc(C2C(C#N)=C(N)Oc3cc(OC(=O)c4cc(Cl)c(OCCCC)c(Cl)c4)ccc32)cc1. The van der Waals surface area contributed by atoms with Gasteiger partial charge in [-0.05, 0) is 42.3 Å². The highest BCUT2D eigenvalue weighted by Gasteiger charge is 2.31. The first kappa shape index (κ1) is 27.9. The van der Waals surface area contributed by atoms with Crippen molar-refractivity contribution in [2.24, 2.45) is 5.73 Å². The topological polar surface area (TPSA) is 104 Å². The molecule has 1 atom stereocenters. The normalized spacial score (nSPS) is 14.1. The van der Waals surface area contributed by atoms with E-state index in [4.69, 9.17) is 47.9 Å². The number of halogens is 2. The third-order valence-electron chi connectivity index (χ3n) is 5.96. The van der Waals surface area contributed by atoms with Crippen molar-refractivity contribution in [3.05, 3.63) is 105 Å². The van der Waals surface area contributed by atoms with Crippen LogP contribution in [0.15, 0.2) is 78.7 Å². The third-order valence-corrected chi connectivity index (χ3v) is 6.52. The molecule has 4 rings (SSSR count). The Kier molecular flexibility index (Phi) is 9.03. The summed E-state index contributed by atoms with van der Waals surface area (Å²) in [5, 5.41) is 10.2. The quantitative estimate of drug-likeness (QED) is 0.120. The fourth-order valence-electron chi connectivity index (χ4n) is 4.05. The summed E-state index contributed by atoms with van der Waals surface area (Å²) in [7, 11) is 0. The number of benzene rings is 3. The van der Waals surface area contributed by atoms with Gasteiger partial charge in [-0.3, -0.25) is 0 Å². The Hall–Kier alpha value is -4.12. The van der Waals surface area contributed by atoms with Crippen LogP contribution in [0.4, 0.5) is 0 Å². The molecule has 0 spiro atoms. The third kappa shape index (κ3) is 6.31. The maximum atomic E-state index is 12.9. The molecule has 0 saturated heterocycles. The Morgan fingerprint density at radius 2 is 1.79 bits per heavy atom. The summed E-state index contributed by atoms with van der Waals surface area (Å²) in [5.74, 6) is 0.413. The van der Waals surface area contributed by atoms with E-state index in [1.807, 2.05) is 31.2 Å². The van der Waals surface area contributed by atoms with Crippen LogP contribution in [0.2, 0.25) is 10.0 Å². The van der Waals surface area contributed by atoms with E-state index in [1.165, 1.54) is 12.1 Å². The molecule has 200 valence electrons. The molecule has 39 heavy (non-hydrogen) atoms. The van der Waals surface area contributed by atoms with Crippen molar-refractivity contribution in [1.29, 1.82) is 5.26 Å². The van der Waals surface area contributed by atoms with Gasteiger partial charge in [-0.2, -0.15) is 5.26 Å². The zero-order chi connectivity index (χ0) is 27.9. The second kappa shape index (κ2) is 12.6. The first-order valence-corrected chi connectivity index (χ1v) is 13.0. The van der Waals surface area contributed by atoms with Crippen LogP contribution in [-0.2, 0) is 0 Å². The molecule has 0 fully saturated rings. The highest BCUT2D eigenvalue weighted by molar-refractivity contribution is 6.37. The predicted molar refractivity (Wildman–Crippen MR) is 150 cm³/mol. The summed E-state index contributed by atoms with van der Waals surface area (Å²) in [5.41, 5.74) is 8.06. The van der Waals surface area contributed by atoms with Crippen LogP contribution in [0.1, 0.15) is 47.2 Å². The van der Waals surface area contributed by atoms with Crippen LogP contribution in [0.5, 0.6) is 23.0 Å². The molecule has 1 aliphatic rings. The number of esters is 1. The highest BCUT2D eigenvalue weighted by atomic mass is 35.5. The van der Waals surface area contributed by atoms with Crippen molar-refractivity contribution in [2.45, 2.75) is 25.7 Å². The smallest absolute Gasteiger partial charge is 0.343 e. The minimum atomic E-state index is -0.664. The zero-order valence-corrected chi connectivity index (χ0v) is 22.7. The van der Waals surface area contributed by atoms with Crippen molar-refractivity contribution in [2.75, 3.05) is 13.2 Å².